The normalized spacial score (nSPS) is 20.1. The van der Waals surface area contributed by atoms with Crippen LogP contribution >= 0.6 is 27.5 Å². The van der Waals surface area contributed by atoms with Gasteiger partial charge in [0.15, 0.2) is 0 Å². The summed E-state index contributed by atoms with van der Waals surface area (Å²) >= 11 is 9.06. The lowest BCUT2D eigenvalue weighted by molar-refractivity contribution is -0.00234. The highest BCUT2D eigenvalue weighted by atomic mass is 79.9. The quantitative estimate of drug-likeness (QED) is 0.720. The summed E-state index contributed by atoms with van der Waals surface area (Å²) in [7, 11) is 0. The third-order valence-electron chi connectivity index (χ3n) is 3.33. The number of nitrogens with one attached hydrogen (secondary N) is 1. The Morgan fingerprint density at radius 1 is 1.54 bits per heavy atom. The Labute approximate surface area is 152 Å². The third-order valence-corrected chi connectivity index (χ3v) is 4.46. The van der Waals surface area contributed by atoms with Crippen molar-refractivity contribution in [3.8, 4) is 0 Å². The van der Waals surface area contributed by atoms with Crippen molar-refractivity contribution in [2.24, 2.45) is 0 Å². The van der Waals surface area contributed by atoms with E-state index in [9.17, 15) is 13.6 Å². The van der Waals surface area contributed by atoms with E-state index >= 15 is 0 Å². The van der Waals surface area contributed by atoms with E-state index in [1.807, 2.05) is 0 Å². The second-order valence-electron chi connectivity index (χ2n) is 6.67. The first-order chi connectivity index (χ1) is 11.0. The topological polar surface area (TPSA) is 54.5 Å². The molecule has 1 fully saturated rings. The fourth-order valence-corrected chi connectivity index (χ4v) is 2.78. The third kappa shape index (κ3) is 5.17. The lowest BCUT2D eigenvalue weighted by Crippen LogP contribution is -2.43. The average molecular weight is 427 g/mol. The van der Waals surface area contributed by atoms with Gasteiger partial charge in [0.25, 0.3) is 5.92 Å². The van der Waals surface area contributed by atoms with Crippen molar-refractivity contribution < 1.29 is 18.3 Å². The van der Waals surface area contributed by atoms with E-state index in [0.29, 0.717) is 15.4 Å². The highest BCUT2D eigenvalue weighted by Crippen LogP contribution is 2.33. The lowest BCUT2D eigenvalue weighted by atomic mass is 10.2. The van der Waals surface area contributed by atoms with Crippen LogP contribution in [-0.4, -0.2) is 46.6 Å². The van der Waals surface area contributed by atoms with E-state index in [1.165, 1.54) is 0 Å². The van der Waals surface area contributed by atoms with Crippen molar-refractivity contribution in [3.05, 3.63) is 21.8 Å². The lowest BCUT2D eigenvalue weighted by Gasteiger charge is -2.28. The van der Waals surface area contributed by atoms with Crippen molar-refractivity contribution in [1.29, 1.82) is 0 Å². The van der Waals surface area contributed by atoms with Crippen molar-refractivity contribution in [3.63, 3.8) is 0 Å². The van der Waals surface area contributed by atoms with Gasteiger partial charge < -0.3 is 10.1 Å². The monoisotopic (exact) mass is 425 g/mol. The Hall–Kier alpha value is -1.15. The fourth-order valence-electron chi connectivity index (χ4n) is 2.35. The number of halogens is 4. The highest BCUT2D eigenvalue weighted by molar-refractivity contribution is 9.10. The van der Waals surface area contributed by atoms with Gasteiger partial charge in [0.2, 0.25) is 0 Å². The molecule has 0 aliphatic carbocycles. The number of carbonyl (C=O) groups is 1. The molecular weight excluding hydrogens is 408 g/mol. The minimum absolute atomic E-state index is 0.135. The maximum atomic E-state index is 13.8. The molecule has 2 heterocycles. The molecule has 1 N–H and O–H groups in total. The smallest absolute Gasteiger partial charge is 0.410 e. The number of hydrogen-bond donors (Lipinski definition) is 1. The van der Waals surface area contributed by atoms with Crippen molar-refractivity contribution in [2.75, 3.05) is 18.4 Å². The second-order valence-corrected chi connectivity index (χ2v) is 7.83. The van der Waals surface area contributed by atoms with Crippen LogP contribution in [0.25, 0.3) is 0 Å². The average Bonchev–Trinajstić information content (AvgIpc) is 2.74. The molecular formula is C15H19BrClF2N3O2. The van der Waals surface area contributed by atoms with Crippen LogP contribution in [0.5, 0.6) is 0 Å². The summed E-state index contributed by atoms with van der Waals surface area (Å²) in [6.45, 7) is 4.58. The van der Waals surface area contributed by atoms with Gasteiger partial charge in [0, 0.05) is 13.0 Å². The van der Waals surface area contributed by atoms with Crippen molar-refractivity contribution in [2.45, 2.75) is 44.8 Å². The predicted octanol–water partition coefficient (Wildman–Crippen LogP) is 4.55. The summed E-state index contributed by atoms with van der Waals surface area (Å²) in [6, 6.07) is 2.58. The zero-order valence-electron chi connectivity index (χ0n) is 13.6. The van der Waals surface area contributed by atoms with Crippen molar-refractivity contribution >= 4 is 39.4 Å². The highest BCUT2D eigenvalue weighted by Gasteiger charge is 2.48. The molecule has 1 saturated heterocycles. The van der Waals surface area contributed by atoms with E-state index in [-0.39, 0.29) is 6.54 Å². The molecule has 0 bridgehead atoms. The van der Waals surface area contributed by atoms with Crippen LogP contribution in [0.4, 0.5) is 19.4 Å². The predicted molar refractivity (Wildman–Crippen MR) is 91.7 cm³/mol. The maximum Gasteiger partial charge on any atom is 0.410 e. The minimum atomic E-state index is -2.93. The van der Waals surface area contributed by atoms with E-state index in [4.69, 9.17) is 16.3 Å². The van der Waals surface area contributed by atoms with Gasteiger partial charge in [-0.3, -0.25) is 4.90 Å². The van der Waals surface area contributed by atoms with Crippen LogP contribution in [0.3, 0.4) is 0 Å². The van der Waals surface area contributed by atoms with E-state index in [1.54, 1.807) is 32.9 Å². The molecule has 1 amide bonds. The Bertz CT molecular complexity index is 625. The number of likely N-dealkylation sites (tertiary alicyclic amines) is 1. The number of aromatic nitrogens is 1. The van der Waals surface area contributed by atoms with Gasteiger partial charge in [-0.15, -0.1) is 0 Å². The molecule has 2 rings (SSSR count). The molecule has 9 heteroatoms. The number of ether oxygens (including phenoxy) is 1. The maximum absolute atomic E-state index is 13.8. The first-order valence-corrected chi connectivity index (χ1v) is 8.57. The molecule has 0 unspecified atom stereocenters. The molecule has 1 aliphatic rings. The fraction of sp³-hybridized carbons (Fsp3) is 0.600. The molecule has 1 aromatic rings. The number of alkyl halides is 2. The zero-order chi connectivity index (χ0) is 18.1. The van der Waals surface area contributed by atoms with Gasteiger partial charge in [-0.1, -0.05) is 11.6 Å². The largest absolute Gasteiger partial charge is 0.444 e. The standard InChI is InChI=1S/C15H19BrClF2N3O2/c1-14(2,3)24-13(23)22-8-15(18,19)6-9(22)7-20-11-5-4-10(17)12(16)21-11/h4-5,9H,6-8H2,1-3H3,(H,20,21)/t9-/m1/s1. The molecule has 0 spiro atoms. The van der Waals surface area contributed by atoms with E-state index in [0.717, 1.165) is 4.90 Å². The van der Waals surface area contributed by atoms with Crippen LogP contribution in [0.15, 0.2) is 16.7 Å². The summed E-state index contributed by atoms with van der Waals surface area (Å²) in [4.78, 5) is 17.4. The number of carbonyl (C=O) groups excluding carboxylic acids is 1. The van der Waals surface area contributed by atoms with E-state index < -0.39 is 36.6 Å². The van der Waals surface area contributed by atoms with Gasteiger partial charge in [-0.25, -0.2) is 18.6 Å². The number of amides is 1. The summed E-state index contributed by atoms with van der Waals surface area (Å²) in [6.07, 6.45) is -1.16. The van der Waals surface area contributed by atoms with E-state index in [2.05, 4.69) is 26.2 Å². The molecule has 134 valence electrons. The number of nitrogens with zero attached hydrogens (tertiary/aromatic N) is 2. The molecule has 24 heavy (non-hydrogen) atoms. The molecule has 1 aromatic heterocycles. The Morgan fingerprint density at radius 3 is 2.79 bits per heavy atom. The number of pyridine rings is 1. The van der Waals surface area contributed by atoms with Gasteiger partial charge in [-0.2, -0.15) is 0 Å². The molecule has 0 aromatic carbocycles. The molecule has 1 atom stereocenters. The van der Waals surface area contributed by atoms with Crippen LogP contribution in [-0.2, 0) is 4.74 Å². The number of rotatable bonds is 3. The van der Waals surface area contributed by atoms with Crippen molar-refractivity contribution in [1.82, 2.24) is 9.88 Å². The van der Waals surface area contributed by atoms with Gasteiger partial charge in [0.1, 0.15) is 16.0 Å². The SMILES string of the molecule is CC(C)(C)OC(=O)N1CC(F)(F)C[C@@H]1CNc1ccc(Cl)c(Br)n1. The van der Waals surface area contributed by atoms with Crippen LogP contribution in [0, 0.1) is 0 Å². The summed E-state index contributed by atoms with van der Waals surface area (Å²) in [5, 5.41) is 3.41. The number of anilines is 1. The first-order valence-electron chi connectivity index (χ1n) is 7.40. The summed E-state index contributed by atoms with van der Waals surface area (Å²) in [5.74, 6) is -2.46. The number of hydrogen-bond acceptors (Lipinski definition) is 4. The van der Waals surface area contributed by atoms with Crippen LogP contribution < -0.4 is 5.32 Å². The summed E-state index contributed by atoms with van der Waals surface area (Å²) < 4.78 is 33.2. The molecule has 5 nitrogen and oxygen atoms in total. The molecule has 0 saturated carbocycles. The van der Waals surface area contributed by atoms with Crippen LogP contribution in [0.1, 0.15) is 27.2 Å². The minimum Gasteiger partial charge on any atom is -0.444 e. The second kappa shape index (κ2) is 7.00. The Balaban J connectivity index is 2.05. The van der Waals surface area contributed by atoms with Gasteiger partial charge in [0.05, 0.1) is 17.6 Å². The summed E-state index contributed by atoms with van der Waals surface area (Å²) in [5.41, 5.74) is -0.741. The Morgan fingerprint density at radius 2 is 2.21 bits per heavy atom. The van der Waals surface area contributed by atoms with Gasteiger partial charge >= 0.3 is 6.09 Å². The molecule has 1 aliphatic heterocycles. The van der Waals surface area contributed by atoms with Gasteiger partial charge in [-0.05, 0) is 48.8 Å². The Kier molecular flexibility index (Phi) is 5.59. The molecule has 0 radical (unpaired) electrons. The van der Waals surface area contributed by atoms with Crippen LogP contribution in [0.2, 0.25) is 5.02 Å². The zero-order valence-corrected chi connectivity index (χ0v) is 15.9. The first kappa shape index (κ1) is 19.2.